The normalized spacial score (nSPS) is 15.1. The number of halogens is 1. The number of esters is 1. The zero-order valence-corrected chi connectivity index (χ0v) is 23.0. The molecule has 0 bridgehead atoms. The van der Waals surface area contributed by atoms with Gasteiger partial charge in [0.1, 0.15) is 5.82 Å². The molecule has 0 N–H and O–H groups in total. The monoisotopic (exact) mass is 569 g/mol. The van der Waals surface area contributed by atoms with Gasteiger partial charge in [-0.25, -0.2) is 9.78 Å². The van der Waals surface area contributed by atoms with E-state index in [1.807, 2.05) is 25.1 Å². The molecule has 1 aliphatic rings. The number of hydrogen-bond acceptors (Lipinski definition) is 7. The lowest BCUT2D eigenvalue weighted by Crippen LogP contribution is -2.26. The van der Waals surface area contributed by atoms with Crippen molar-refractivity contribution in [2.75, 3.05) is 13.2 Å². The summed E-state index contributed by atoms with van der Waals surface area (Å²) in [7, 11) is 0. The second-order valence-electron chi connectivity index (χ2n) is 8.96. The third kappa shape index (κ3) is 6.21. The molecule has 2 aromatic carbocycles. The van der Waals surface area contributed by atoms with Crippen LogP contribution in [-0.2, 0) is 9.53 Å². The highest BCUT2D eigenvalue weighted by Crippen LogP contribution is 2.37. The number of fused-ring (bicyclic) bond motifs is 1. The number of ether oxygens (including phenoxy) is 3. The third-order valence-electron chi connectivity index (χ3n) is 6.32. The van der Waals surface area contributed by atoms with Gasteiger partial charge in [0.15, 0.2) is 17.6 Å². The number of para-hydroxylation sites is 1. The molecule has 0 spiro atoms. The first kappa shape index (κ1) is 26.9. The fourth-order valence-electron chi connectivity index (χ4n) is 4.53. The second kappa shape index (κ2) is 12.4. The van der Waals surface area contributed by atoms with Crippen molar-refractivity contribution in [3.63, 3.8) is 0 Å². The molecule has 0 radical (unpaired) electrons. The summed E-state index contributed by atoms with van der Waals surface area (Å²) in [5, 5.41) is 5.15. The Morgan fingerprint density at radius 1 is 1.19 bits per heavy atom. The van der Waals surface area contributed by atoms with E-state index in [1.165, 1.54) is 11.1 Å². The van der Waals surface area contributed by atoms with Crippen LogP contribution in [0.4, 0.5) is 0 Å². The molecule has 1 fully saturated rings. The fourth-order valence-corrected chi connectivity index (χ4v) is 5.08. The molecule has 9 heteroatoms. The Balaban J connectivity index is 1.72. The molecule has 37 heavy (non-hydrogen) atoms. The van der Waals surface area contributed by atoms with Crippen molar-refractivity contribution in [2.24, 2.45) is 5.10 Å². The van der Waals surface area contributed by atoms with Crippen molar-refractivity contribution in [1.29, 1.82) is 0 Å². The number of rotatable bonds is 9. The zero-order chi connectivity index (χ0) is 26.4. The van der Waals surface area contributed by atoms with E-state index in [9.17, 15) is 9.59 Å². The molecule has 0 aliphatic heterocycles. The van der Waals surface area contributed by atoms with E-state index >= 15 is 0 Å². The molecule has 4 rings (SSSR count). The first-order chi connectivity index (χ1) is 17.9. The van der Waals surface area contributed by atoms with E-state index in [2.05, 4.69) is 21.0 Å². The van der Waals surface area contributed by atoms with Crippen LogP contribution in [0.25, 0.3) is 10.9 Å². The highest BCUT2D eigenvalue weighted by molar-refractivity contribution is 9.10. The molecule has 196 valence electrons. The summed E-state index contributed by atoms with van der Waals surface area (Å²) in [4.78, 5) is 30.4. The Hall–Kier alpha value is -3.20. The molecule has 8 nitrogen and oxygen atoms in total. The predicted molar refractivity (Wildman–Crippen MR) is 147 cm³/mol. The van der Waals surface area contributed by atoms with Crippen molar-refractivity contribution in [1.82, 2.24) is 9.66 Å². The smallest absolute Gasteiger partial charge is 0.347 e. The van der Waals surface area contributed by atoms with Crippen LogP contribution >= 0.6 is 15.9 Å². The quantitative estimate of drug-likeness (QED) is 0.238. The number of nitrogens with zero attached hydrogens (tertiary/aromatic N) is 3. The average Bonchev–Trinajstić information content (AvgIpc) is 2.90. The van der Waals surface area contributed by atoms with Gasteiger partial charge in [0.25, 0.3) is 5.56 Å². The minimum Gasteiger partial charge on any atom is -0.490 e. The van der Waals surface area contributed by atoms with Crippen LogP contribution in [-0.4, -0.2) is 41.2 Å². The van der Waals surface area contributed by atoms with Crippen molar-refractivity contribution in [3.05, 3.63) is 62.6 Å². The Labute approximate surface area is 224 Å². The van der Waals surface area contributed by atoms with Gasteiger partial charge in [-0.1, -0.05) is 31.4 Å². The van der Waals surface area contributed by atoms with Crippen LogP contribution in [0.1, 0.15) is 70.2 Å². The van der Waals surface area contributed by atoms with E-state index in [0.717, 1.165) is 25.7 Å². The second-order valence-corrected chi connectivity index (χ2v) is 9.81. The molecule has 3 aromatic rings. The van der Waals surface area contributed by atoms with E-state index in [0.29, 0.717) is 44.9 Å². The topological polar surface area (TPSA) is 92.0 Å². The van der Waals surface area contributed by atoms with Crippen molar-refractivity contribution in [3.8, 4) is 11.5 Å². The van der Waals surface area contributed by atoms with Crippen LogP contribution in [0, 0.1) is 0 Å². The maximum Gasteiger partial charge on any atom is 0.347 e. The highest BCUT2D eigenvalue weighted by Gasteiger charge is 2.23. The Bertz CT molecular complexity index is 1350. The van der Waals surface area contributed by atoms with Crippen molar-refractivity contribution in [2.45, 2.75) is 64.9 Å². The maximum absolute atomic E-state index is 13.5. The fraction of sp³-hybridized carbons (Fsp3) is 0.429. The third-order valence-corrected chi connectivity index (χ3v) is 6.91. The molecular weight excluding hydrogens is 538 g/mol. The molecule has 1 aliphatic carbocycles. The van der Waals surface area contributed by atoms with Gasteiger partial charge in [0, 0.05) is 5.92 Å². The highest BCUT2D eigenvalue weighted by atomic mass is 79.9. The summed E-state index contributed by atoms with van der Waals surface area (Å²) in [6, 6.07) is 11.0. The largest absolute Gasteiger partial charge is 0.490 e. The number of carbonyl (C=O) groups excluding carboxylic acids is 1. The van der Waals surface area contributed by atoms with Crippen LogP contribution in [0.5, 0.6) is 11.5 Å². The molecule has 1 saturated carbocycles. The van der Waals surface area contributed by atoms with Gasteiger partial charge in [-0.05, 0) is 79.4 Å². The van der Waals surface area contributed by atoms with Gasteiger partial charge in [-0.2, -0.15) is 9.78 Å². The Morgan fingerprint density at radius 3 is 2.68 bits per heavy atom. The van der Waals surface area contributed by atoms with E-state index in [1.54, 1.807) is 38.3 Å². The maximum atomic E-state index is 13.5. The Kier molecular flexibility index (Phi) is 8.97. The summed E-state index contributed by atoms with van der Waals surface area (Å²) in [5.74, 6) is 1.28. The van der Waals surface area contributed by atoms with E-state index in [-0.39, 0.29) is 18.1 Å². The summed E-state index contributed by atoms with van der Waals surface area (Å²) < 4.78 is 18.8. The minimum atomic E-state index is -0.810. The molecular formula is C28H32BrN3O5. The standard InChI is InChI=1S/C28H32BrN3O5/c1-4-35-24-16-19(15-22(29)25(24)37-18(3)28(34)36-5-2)17-30-32-26(20-11-7-6-8-12-20)31-23-14-10-9-13-21(23)27(32)33/h9-10,13-18,20H,4-8,11-12H2,1-3H3/t18-/m0/s1. The van der Waals surface area contributed by atoms with Crippen molar-refractivity contribution < 1.29 is 19.0 Å². The van der Waals surface area contributed by atoms with Gasteiger partial charge in [0.2, 0.25) is 0 Å². The van der Waals surface area contributed by atoms with E-state index in [4.69, 9.17) is 19.2 Å². The van der Waals surface area contributed by atoms with Crippen molar-refractivity contribution >= 4 is 39.0 Å². The molecule has 0 unspecified atom stereocenters. The number of aromatic nitrogens is 2. The van der Waals surface area contributed by atoms with Crippen LogP contribution in [0.15, 0.2) is 50.8 Å². The summed E-state index contributed by atoms with van der Waals surface area (Å²) in [5.41, 5.74) is 1.20. The molecule has 0 amide bonds. The SMILES string of the molecule is CCOC(=O)[C@H](C)Oc1c(Br)cc(C=Nn2c(C3CCCCC3)nc3ccccc3c2=O)cc1OCC. The summed E-state index contributed by atoms with van der Waals surface area (Å²) in [6.45, 7) is 5.91. The zero-order valence-electron chi connectivity index (χ0n) is 21.4. The number of benzene rings is 2. The lowest BCUT2D eigenvalue weighted by Gasteiger charge is -2.22. The summed E-state index contributed by atoms with van der Waals surface area (Å²) in [6.07, 6.45) is 6.23. The van der Waals surface area contributed by atoms with Gasteiger partial charge >= 0.3 is 5.97 Å². The molecule has 1 atom stereocenters. The molecule has 1 aromatic heterocycles. The van der Waals surface area contributed by atoms with Gasteiger partial charge in [0.05, 0.1) is 34.8 Å². The van der Waals surface area contributed by atoms with Crippen LogP contribution < -0.4 is 15.0 Å². The van der Waals surface area contributed by atoms with E-state index < -0.39 is 12.1 Å². The first-order valence-electron chi connectivity index (χ1n) is 12.8. The average molecular weight is 570 g/mol. The minimum absolute atomic E-state index is 0.185. The van der Waals surface area contributed by atoms with Gasteiger partial charge in [-0.15, -0.1) is 0 Å². The van der Waals surface area contributed by atoms with Gasteiger partial charge < -0.3 is 14.2 Å². The van der Waals surface area contributed by atoms with Crippen LogP contribution in [0.2, 0.25) is 0 Å². The summed E-state index contributed by atoms with van der Waals surface area (Å²) >= 11 is 3.54. The molecule has 1 heterocycles. The Morgan fingerprint density at radius 2 is 1.95 bits per heavy atom. The predicted octanol–water partition coefficient (Wildman–Crippen LogP) is 5.82. The first-order valence-corrected chi connectivity index (χ1v) is 13.6. The number of carbonyl (C=O) groups is 1. The lowest BCUT2D eigenvalue weighted by molar-refractivity contribution is -0.150. The van der Waals surface area contributed by atoms with Gasteiger partial charge in [-0.3, -0.25) is 4.79 Å². The lowest BCUT2D eigenvalue weighted by atomic mass is 9.88. The van der Waals surface area contributed by atoms with Crippen LogP contribution in [0.3, 0.4) is 0 Å². The molecule has 0 saturated heterocycles. The number of hydrogen-bond donors (Lipinski definition) is 0.